The number of hydrogen-bond acceptors (Lipinski definition) is 4. The highest BCUT2D eigenvalue weighted by atomic mass is 32.2. The predicted molar refractivity (Wildman–Crippen MR) is 182 cm³/mol. The summed E-state index contributed by atoms with van der Waals surface area (Å²) in [4.78, 5) is 15.6. The second kappa shape index (κ2) is 18.3. The minimum Gasteiger partial charge on any atom is -0.493 e. The van der Waals surface area contributed by atoms with E-state index < -0.39 is 0 Å². The number of benzene rings is 2. The summed E-state index contributed by atoms with van der Waals surface area (Å²) in [6.45, 7) is 12.6. The molecule has 2 aromatic rings. The topological polar surface area (TPSA) is 41.6 Å². The molecule has 1 heterocycles. The zero-order valence-corrected chi connectivity index (χ0v) is 27.9. The predicted octanol–water partition coefficient (Wildman–Crippen LogP) is 10.6. The summed E-state index contributed by atoms with van der Waals surface area (Å²) >= 11 is 1.83. The van der Waals surface area contributed by atoms with E-state index in [4.69, 9.17) is 4.74 Å². The van der Waals surface area contributed by atoms with Crippen molar-refractivity contribution in [2.75, 3.05) is 17.8 Å². The smallest absolute Gasteiger partial charge is 0.228 e. The monoisotopic (exact) mass is 592 g/mol. The van der Waals surface area contributed by atoms with Crippen LogP contribution in [0.2, 0.25) is 0 Å². The number of carbonyl (C=O) groups excluding carboxylic acids is 1. The first-order valence-electron chi connectivity index (χ1n) is 16.4. The molecule has 0 fully saturated rings. The second-order valence-electron chi connectivity index (χ2n) is 13.0. The number of allylic oxidation sites excluding steroid dienone is 1. The lowest BCUT2D eigenvalue weighted by atomic mass is 9.84. The third-order valence-corrected chi connectivity index (χ3v) is 9.04. The van der Waals surface area contributed by atoms with Crippen molar-refractivity contribution >= 4 is 23.4 Å². The number of nitrogens with zero attached hydrogens (tertiary/aromatic N) is 1. The van der Waals surface area contributed by atoms with Crippen molar-refractivity contribution in [2.45, 2.75) is 130 Å². The molecular formula is C37H56N2O2S. The average Bonchev–Trinajstić information content (AvgIpc) is 3.35. The van der Waals surface area contributed by atoms with Gasteiger partial charge >= 0.3 is 0 Å². The molecule has 0 bridgehead atoms. The van der Waals surface area contributed by atoms with Crippen LogP contribution < -0.4 is 10.1 Å². The van der Waals surface area contributed by atoms with E-state index in [1.54, 1.807) is 0 Å². The van der Waals surface area contributed by atoms with Crippen LogP contribution in [0.4, 0.5) is 5.69 Å². The van der Waals surface area contributed by atoms with Crippen LogP contribution in [-0.2, 0) is 23.2 Å². The van der Waals surface area contributed by atoms with E-state index in [0.717, 1.165) is 35.8 Å². The van der Waals surface area contributed by atoms with Crippen LogP contribution in [0, 0.1) is 0 Å². The molecule has 0 aromatic heterocycles. The molecule has 2 aromatic carbocycles. The lowest BCUT2D eigenvalue weighted by molar-refractivity contribution is -0.115. The lowest BCUT2D eigenvalue weighted by Gasteiger charge is -2.25. The quantitative estimate of drug-likeness (QED) is 0.165. The van der Waals surface area contributed by atoms with Gasteiger partial charge in [-0.2, -0.15) is 0 Å². The average molecular weight is 593 g/mol. The number of hydrogen-bond donors (Lipinski definition) is 1. The number of nitrogens with one attached hydrogen (secondary N) is 1. The fourth-order valence-electron chi connectivity index (χ4n) is 5.54. The Balaban J connectivity index is 1.47. The zero-order valence-electron chi connectivity index (χ0n) is 27.1. The summed E-state index contributed by atoms with van der Waals surface area (Å²) < 4.78 is 6.45. The molecule has 1 aliphatic rings. The van der Waals surface area contributed by atoms with Gasteiger partial charge in [0.15, 0.2) is 0 Å². The van der Waals surface area contributed by atoms with E-state index in [1.165, 1.54) is 87.5 Å². The molecule has 0 saturated carbocycles. The van der Waals surface area contributed by atoms with Gasteiger partial charge < -0.3 is 15.0 Å². The molecule has 232 valence electrons. The summed E-state index contributed by atoms with van der Waals surface area (Å²) in [6.07, 6.45) is 16.2. The Morgan fingerprint density at radius 3 is 2.17 bits per heavy atom. The van der Waals surface area contributed by atoms with E-state index in [0.29, 0.717) is 13.0 Å². The van der Waals surface area contributed by atoms with Gasteiger partial charge in [-0.1, -0.05) is 129 Å². The van der Waals surface area contributed by atoms with E-state index >= 15 is 0 Å². The second-order valence-corrected chi connectivity index (χ2v) is 13.8. The summed E-state index contributed by atoms with van der Waals surface area (Å²) in [5.41, 5.74) is 5.41. The summed E-state index contributed by atoms with van der Waals surface area (Å²) in [7, 11) is 0. The van der Waals surface area contributed by atoms with Gasteiger partial charge in [-0.25, -0.2) is 0 Å². The number of carbonyl (C=O) groups is 1. The number of para-hydroxylation sites is 1. The summed E-state index contributed by atoms with van der Waals surface area (Å²) in [5, 5.41) is 5.34. The van der Waals surface area contributed by atoms with Gasteiger partial charge in [0, 0.05) is 23.5 Å². The van der Waals surface area contributed by atoms with E-state index in [-0.39, 0.29) is 11.3 Å². The highest BCUT2D eigenvalue weighted by Gasteiger charge is 2.22. The van der Waals surface area contributed by atoms with Crippen LogP contribution in [0.3, 0.4) is 0 Å². The van der Waals surface area contributed by atoms with Gasteiger partial charge in [-0.05, 0) is 47.4 Å². The van der Waals surface area contributed by atoms with Crippen molar-refractivity contribution in [1.82, 2.24) is 4.90 Å². The molecule has 0 unspecified atom stereocenters. The van der Waals surface area contributed by atoms with Crippen LogP contribution in [0.25, 0.3) is 0 Å². The van der Waals surface area contributed by atoms with Crippen LogP contribution in [-0.4, -0.2) is 23.3 Å². The molecule has 3 rings (SSSR count). The van der Waals surface area contributed by atoms with Crippen molar-refractivity contribution in [3.05, 3.63) is 70.3 Å². The van der Waals surface area contributed by atoms with E-state index in [1.807, 2.05) is 30.0 Å². The Morgan fingerprint density at radius 1 is 0.905 bits per heavy atom. The maximum absolute atomic E-state index is 13.2. The molecule has 0 aliphatic carbocycles. The molecule has 42 heavy (non-hydrogen) atoms. The fourth-order valence-corrected chi connectivity index (χ4v) is 6.48. The molecule has 0 radical (unpaired) electrons. The molecular weight excluding hydrogens is 536 g/mol. The van der Waals surface area contributed by atoms with Crippen LogP contribution in [0.1, 0.15) is 128 Å². The Labute approximate surface area is 261 Å². The number of unbranched alkanes of at least 4 members (excludes halogenated alkanes) is 11. The van der Waals surface area contributed by atoms with Gasteiger partial charge in [0.2, 0.25) is 5.91 Å². The van der Waals surface area contributed by atoms with Crippen molar-refractivity contribution in [1.29, 1.82) is 0 Å². The minimum absolute atomic E-state index is 0.0128. The molecule has 5 heteroatoms. The molecule has 0 saturated heterocycles. The van der Waals surface area contributed by atoms with Crippen molar-refractivity contribution in [3.8, 4) is 5.75 Å². The third-order valence-electron chi connectivity index (χ3n) is 8.07. The molecule has 1 amide bonds. The standard InChI is InChI=1S/C37H56N2O2S/c1-6-7-8-9-10-11-12-13-14-15-16-17-24-41-36-32(21-19-23-34(36)37(3,4)5)26-35(40)38-33-22-18-20-31(25-33)27-39-29-42-28-30(39)2/h18-23,25,28H,6-17,24,26-27,29H2,1-5H3,(H,38,40). The first-order chi connectivity index (χ1) is 20.3. The highest BCUT2D eigenvalue weighted by Crippen LogP contribution is 2.35. The number of ether oxygens (including phenoxy) is 1. The Bertz CT molecular complexity index is 1120. The molecule has 4 nitrogen and oxygen atoms in total. The Hall–Kier alpha value is -2.40. The molecule has 1 N–H and O–H groups in total. The first kappa shape index (κ1) is 34.1. The summed E-state index contributed by atoms with van der Waals surface area (Å²) in [6, 6.07) is 14.5. The van der Waals surface area contributed by atoms with Crippen molar-refractivity contribution < 1.29 is 9.53 Å². The maximum Gasteiger partial charge on any atom is 0.228 e. The molecule has 0 spiro atoms. The van der Waals surface area contributed by atoms with Crippen LogP contribution >= 0.6 is 11.8 Å². The largest absolute Gasteiger partial charge is 0.493 e. The van der Waals surface area contributed by atoms with Gasteiger partial charge in [-0.15, -0.1) is 11.8 Å². The SMILES string of the molecule is CCCCCCCCCCCCCCOc1c(CC(=O)Nc2cccc(CN3CSC=C3C)c2)cccc1C(C)(C)C. The van der Waals surface area contributed by atoms with Gasteiger partial charge in [-0.3, -0.25) is 4.79 Å². The van der Waals surface area contributed by atoms with Gasteiger partial charge in [0.25, 0.3) is 0 Å². The number of thioether (sulfide) groups is 1. The van der Waals surface area contributed by atoms with Crippen LogP contribution in [0.15, 0.2) is 53.6 Å². The first-order valence-corrected chi connectivity index (χ1v) is 17.5. The van der Waals surface area contributed by atoms with E-state index in [9.17, 15) is 4.79 Å². The van der Waals surface area contributed by atoms with E-state index in [2.05, 4.69) is 74.5 Å². The maximum atomic E-state index is 13.2. The minimum atomic E-state index is -0.0624. The van der Waals surface area contributed by atoms with Crippen molar-refractivity contribution in [2.24, 2.45) is 0 Å². The third kappa shape index (κ3) is 12.1. The van der Waals surface area contributed by atoms with Gasteiger partial charge in [0.05, 0.1) is 18.9 Å². The summed E-state index contributed by atoms with van der Waals surface area (Å²) in [5.74, 6) is 1.86. The fraction of sp³-hybridized carbons (Fsp3) is 0.595. The molecule has 1 aliphatic heterocycles. The lowest BCUT2D eigenvalue weighted by Crippen LogP contribution is -2.19. The number of anilines is 1. The number of amides is 1. The van der Waals surface area contributed by atoms with Gasteiger partial charge in [0.1, 0.15) is 5.75 Å². The van der Waals surface area contributed by atoms with Crippen molar-refractivity contribution in [3.63, 3.8) is 0 Å². The van der Waals surface area contributed by atoms with Crippen LogP contribution in [0.5, 0.6) is 5.75 Å². The zero-order chi connectivity index (χ0) is 30.2. The Kier molecular flexibility index (Phi) is 14.9. The molecule has 0 atom stereocenters. The normalized spacial score (nSPS) is 13.4. The highest BCUT2D eigenvalue weighted by molar-refractivity contribution is 8.02. The Morgan fingerprint density at radius 2 is 1.55 bits per heavy atom. The number of rotatable bonds is 19.